The van der Waals surface area contributed by atoms with Gasteiger partial charge in [-0.15, -0.1) is 11.3 Å². The number of sulfonamides is 1. The van der Waals surface area contributed by atoms with E-state index >= 15 is 4.39 Å². The average Bonchev–Trinajstić information content (AvgIpc) is 3.63. The number of fused-ring (bicyclic) bond motifs is 1. The number of anilines is 2. The summed E-state index contributed by atoms with van der Waals surface area (Å²) in [6.07, 6.45) is 6.72. The van der Waals surface area contributed by atoms with Crippen molar-refractivity contribution < 1.29 is 22.3 Å². The standard InChI is InChI=1S/C27H32ClFN4O4S2/c1-31(27-9-4-5-12-32(27)13-6-10-27)23-17-22(29)25(16-21(23)28)39(34,35)33(26-30-11-14-38-26)18-19-7-8-20(36-2)15-24(19)37-3/h7-8,11,14-17H,4-6,9-10,12-13,18H2,1-3H3. The van der Waals surface area contributed by atoms with Crippen LogP contribution in [0.1, 0.15) is 37.7 Å². The lowest BCUT2D eigenvalue weighted by Gasteiger charge is -2.49. The minimum absolute atomic E-state index is 0.125. The second-order valence-electron chi connectivity index (χ2n) is 9.83. The lowest BCUT2D eigenvalue weighted by atomic mass is 9.93. The van der Waals surface area contributed by atoms with Crippen molar-refractivity contribution in [2.75, 3.05) is 43.6 Å². The van der Waals surface area contributed by atoms with Gasteiger partial charge in [-0.25, -0.2) is 22.1 Å². The van der Waals surface area contributed by atoms with Gasteiger partial charge in [0.15, 0.2) is 5.13 Å². The van der Waals surface area contributed by atoms with Crippen LogP contribution in [0.4, 0.5) is 15.2 Å². The van der Waals surface area contributed by atoms with E-state index in [2.05, 4.69) is 9.88 Å². The number of aromatic nitrogens is 1. The molecule has 0 bridgehead atoms. The molecule has 2 fully saturated rings. The normalized spacial score (nSPS) is 19.5. The number of halogens is 2. The van der Waals surface area contributed by atoms with Gasteiger partial charge >= 0.3 is 0 Å². The largest absolute Gasteiger partial charge is 0.497 e. The van der Waals surface area contributed by atoms with Crippen molar-refractivity contribution >= 4 is 43.8 Å². The van der Waals surface area contributed by atoms with Gasteiger partial charge < -0.3 is 14.4 Å². The maximum atomic E-state index is 15.8. The van der Waals surface area contributed by atoms with Gasteiger partial charge in [0.25, 0.3) is 10.0 Å². The van der Waals surface area contributed by atoms with E-state index in [9.17, 15) is 8.42 Å². The Morgan fingerprint density at radius 2 is 1.90 bits per heavy atom. The predicted octanol–water partition coefficient (Wildman–Crippen LogP) is 5.76. The zero-order valence-electron chi connectivity index (χ0n) is 22.2. The molecule has 1 unspecified atom stereocenters. The first-order valence-corrected chi connectivity index (χ1v) is 15.5. The van der Waals surface area contributed by atoms with Crippen molar-refractivity contribution in [3.8, 4) is 11.5 Å². The SMILES string of the molecule is COc1ccc(CN(c2nccs2)S(=O)(=O)c2cc(Cl)c(N(C)C34CCCCN3CCC4)cc2F)c(OC)c1. The van der Waals surface area contributed by atoms with E-state index < -0.39 is 20.7 Å². The average molecular weight is 595 g/mol. The fourth-order valence-corrected chi connectivity index (χ4v) is 8.53. The van der Waals surface area contributed by atoms with Crippen LogP contribution in [0.3, 0.4) is 0 Å². The summed E-state index contributed by atoms with van der Waals surface area (Å²) in [5.74, 6) is 0.144. The highest BCUT2D eigenvalue weighted by molar-refractivity contribution is 7.93. The van der Waals surface area contributed by atoms with Gasteiger partial charge in [-0.2, -0.15) is 0 Å². The summed E-state index contributed by atoms with van der Waals surface area (Å²) in [5.41, 5.74) is 0.823. The molecule has 2 aliphatic rings. The zero-order valence-corrected chi connectivity index (χ0v) is 24.6. The van der Waals surface area contributed by atoms with E-state index in [1.165, 1.54) is 32.5 Å². The number of thiazole rings is 1. The summed E-state index contributed by atoms with van der Waals surface area (Å²) in [7, 11) is 0.557. The van der Waals surface area contributed by atoms with Crippen LogP contribution < -0.4 is 18.7 Å². The molecule has 210 valence electrons. The Bertz CT molecular complexity index is 1440. The molecule has 3 aromatic rings. The molecular weight excluding hydrogens is 563 g/mol. The minimum Gasteiger partial charge on any atom is -0.497 e. The molecule has 2 saturated heterocycles. The van der Waals surface area contributed by atoms with Gasteiger partial charge in [0.2, 0.25) is 0 Å². The Labute approximate surface area is 238 Å². The molecule has 3 heterocycles. The lowest BCUT2D eigenvalue weighted by molar-refractivity contribution is 0.0905. The third kappa shape index (κ3) is 5.05. The Kier molecular flexibility index (Phi) is 7.96. The molecule has 0 amide bonds. The van der Waals surface area contributed by atoms with Crippen molar-refractivity contribution in [1.29, 1.82) is 0 Å². The fraction of sp³-hybridized carbons (Fsp3) is 0.444. The summed E-state index contributed by atoms with van der Waals surface area (Å²) < 4.78 is 55.6. The molecule has 39 heavy (non-hydrogen) atoms. The van der Waals surface area contributed by atoms with E-state index in [1.54, 1.807) is 23.6 Å². The maximum absolute atomic E-state index is 15.8. The van der Waals surface area contributed by atoms with Gasteiger partial charge in [-0.05, 0) is 50.3 Å². The number of ether oxygens (including phenoxy) is 2. The van der Waals surface area contributed by atoms with Crippen LogP contribution in [0.2, 0.25) is 5.02 Å². The summed E-state index contributed by atoms with van der Waals surface area (Å²) >= 11 is 7.86. The van der Waals surface area contributed by atoms with Gasteiger partial charge in [0.1, 0.15) is 22.2 Å². The number of benzene rings is 2. The molecule has 2 aromatic carbocycles. The van der Waals surface area contributed by atoms with Crippen LogP contribution in [0.25, 0.3) is 0 Å². The van der Waals surface area contributed by atoms with Crippen molar-refractivity contribution in [3.05, 3.63) is 58.3 Å². The molecule has 0 radical (unpaired) electrons. The number of methoxy groups -OCH3 is 2. The number of piperidine rings is 1. The van der Waals surface area contributed by atoms with Crippen molar-refractivity contribution in [3.63, 3.8) is 0 Å². The number of rotatable bonds is 9. The van der Waals surface area contributed by atoms with Crippen LogP contribution in [0.5, 0.6) is 11.5 Å². The van der Waals surface area contributed by atoms with E-state index in [1.807, 2.05) is 11.9 Å². The molecule has 1 aromatic heterocycles. The third-order valence-corrected chi connectivity index (χ3v) is 10.8. The van der Waals surface area contributed by atoms with E-state index in [4.69, 9.17) is 21.1 Å². The summed E-state index contributed by atoms with van der Waals surface area (Å²) in [6.45, 7) is 1.86. The van der Waals surface area contributed by atoms with Crippen LogP contribution in [0.15, 0.2) is 46.8 Å². The first kappa shape index (κ1) is 27.9. The Morgan fingerprint density at radius 1 is 1.13 bits per heavy atom. The van der Waals surface area contributed by atoms with E-state index in [0.29, 0.717) is 22.7 Å². The monoisotopic (exact) mass is 594 g/mol. The number of hydrogen-bond acceptors (Lipinski definition) is 8. The minimum atomic E-state index is -4.40. The molecule has 0 aliphatic carbocycles. The van der Waals surface area contributed by atoms with Crippen molar-refractivity contribution in [2.45, 2.75) is 49.2 Å². The van der Waals surface area contributed by atoms with Crippen molar-refractivity contribution in [2.24, 2.45) is 0 Å². The number of hydrogen-bond donors (Lipinski definition) is 0. The van der Waals surface area contributed by atoms with Crippen LogP contribution >= 0.6 is 22.9 Å². The lowest BCUT2D eigenvalue weighted by Crippen LogP contribution is -2.58. The van der Waals surface area contributed by atoms with Gasteiger partial charge in [0, 0.05) is 49.4 Å². The van der Waals surface area contributed by atoms with Crippen LogP contribution in [-0.4, -0.2) is 58.3 Å². The Balaban J connectivity index is 1.53. The first-order valence-electron chi connectivity index (χ1n) is 12.8. The molecule has 12 heteroatoms. The molecule has 8 nitrogen and oxygen atoms in total. The van der Waals surface area contributed by atoms with Crippen molar-refractivity contribution in [1.82, 2.24) is 9.88 Å². The second-order valence-corrected chi connectivity index (χ2v) is 12.9. The molecule has 2 aliphatic heterocycles. The third-order valence-electron chi connectivity index (χ3n) is 7.84. The highest BCUT2D eigenvalue weighted by atomic mass is 35.5. The molecule has 1 atom stereocenters. The van der Waals surface area contributed by atoms with E-state index in [-0.39, 0.29) is 22.4 Å². The van der Waals surface area contributed by atoms with Crippen LogP contribution in [0, 0.1) is 5.82 Å². The highest BCUT2D eigenvalue weighted by Gasteiger charge is 2.46. The number of nitrogens with zero attached hydrogens (tertiary/aromatic N) is 4. The summed E-state index contributed by atoms with van der Waals surface area (Å²) in [4.78, 5) is 8.21. The zero-order chi connectivity index (χ0) is 27.8. The molecule has 0 spiro atoms. The Morgan fingerprint density at radius 3 is 2.62 bits per heavy atom. The van der Waals surface area contributed by atoms with Gasteiger partial charge in [-0.3, -0.25) is 4.90 Å². The molecule has 0 N–H and O–H groups in total. The summed E-state index contributed by atoms with van der Waals surface area (Å²) in [6, 6.07) is 7.57. The van der Waals surface area contributed by atoms with Crippen LogP contribution in [-0.2, 0) is 16.6 Å². The molecule has 0 saturated carbocycles. The highest BCUT2D eigenvalue weighted by Crippen LogP contribution is 2.44. The topological polar surface area (TPSA) is 75.2 Å². The van der Waals surface area contributed by atoms with E-state index in [0.717, 1.165) is 60.8 Å². The van der Waals surface area contributed by atoms with Gasteiger partial charge in [0.05, 0.1) is 37.1 Å². The Hall–Kier alpha value is -2.60. The maximum Gasteiger partial charge on any atom is 0.269 e. The van der Waals surface area contributed by atoms with Gasteiger partial charge in [-0.1, -0.05) is 11.6 Å². The smallest absolute Gasteiger partial charge is 0.269 e. The molecule has 5 rings (SSSR count). The fourth-order valence-electron chi connectivity index (χ4n) is 5.83. The first-order chi connectivity index (χ1) is 18.7. The summed E-state index contributed by atoms with van der Waals surface area (Å²) in [5, 5.41) is 2.05. The molecular formula is C27H32ClFN4O4S2. The predicted molar refractivity (Wildman–Crippen MR) is 152 cm³/mol. The quantitative estimate of drug-likeness (QED) is 0.312. The second kappa shape index (κ2) is 11.1.